The molecule has 2 rings (SSSR count). The molecule has 1 fully saturated rings. The summed E-state index contributed by atoms with van der Waals surface area (Å²) in [4.78, 5) is 25.1. The number of piperazine rings is 1. The summed E-state index contributed by atoms with van der Waals surface area (Å²) in [5.74, 6) is -0.116. The van der Waals surface area contributed by atoms with Gasteiger partial charge in [-0.2, -0.15) is 0 Å². The lowest BCUT2D eigenvalue weighted by atomic mass is 10.1. The van der Waals surface area contributed by atoms with Gasteiger partial charge in [-0.05, 0) is 24.6 Å². The average Bonchev–Trinajstić information content (AvgIpc) is 2.46. The van der Waals surface area contributed by atoms with Gasteiger partial charge in [0.1, 0.15) is 6.04 Å². The highest BCUT2D eigenvalue weighted by Crippen LogP contribution is 2.21. The van der Waals surface area contributed by atoms with Crippen molar-refractivity contribution in [2.24, 2.45) is 0 Å². The van der Waals surface area contributed by atoms with E-state index in [0.717, 1.165) is 5.56 Å². The molecule has 20 heavy (non-hydrogen) atoms. The van der Waals surface area contributed by atoms with Crippen molar-refractivity contribution in [3.05, 3.63) is 34.9 Å². The third kappa shape index (κ3) is 3.29. The van der Waals surface area contributed by atoms with Crippen LogP contribution in [-0.2, 0) is 9.59 Å². The SMILES string of the molecule is CC(c1ccc(Cl)cc1)N(C)C(=O)C1CNC(=O)CN1. The first-order chi connectivity index (χ1) is 9.49. The Kier molecular flexibility index (Phi) is 4.62. The van der Waals surface area contributed by atoms with Crippen molar-refractivity contribution < 1.29 is 9.59 Å². The number of carbonyl (C=O) groups excluding carboxylic acids is 2. The number of carbonyl (C=O) groups is 2. The molecule has 108 valence electrons. The van der Waals surface area contributed by atoms with E-state index in [2.05, 4.69) is 10.6 Å². The second-order valence-electron chi connectivity index (χ2n) is 4.91. The highest BCUT2D eigenvalue weighted by molar-refractivity contribution is 6.30. The van der Waals surface area contributed by atoms with Crippen molar-refractivity contribution in [2.75, 3.05) is 20.1 Å². The van der Waals surface area contributed by atoms with Crippen LogP contribution >= 0.6 is 11.6 Å². The van der Waals surface area contributed by atoms with Crippen molar-refractivity contribution in [3.8, 4) is 0 Å². The molecule has 0 spiro atoms. The van der Waals surface area contributed by atoms with E-state index in [1.54, 1.807) is 11.9 Å². The number of rotatable bonds is 3. The molecule has 0 bridgehead atoms. The summed E-state index contributed by atoms with van der Waals surface area (Å²) in [6.45, 7) is 2.47. The van der Waals surface area contributed by atoms with E-state index >= 15 is 0 Å². The molecule has 0 radical (unpaired) electrons. The zero-order valence-corrected chi connectivity index (χ0v) is 12.3. The summed E-state index contributed by atoms with van der Waals surface area (Å²) in [5, 5.41) is 6.30. The van der Waals surface area contributed by atoms with E-state index in [4.69, 9.17) is 11.6 Å². The predicted octanol–water partition coefficient (Wildman–Crippen LogP) is 0.947. The van der Waals surface area contributed by atoms with E-state index in [9.17, 15) is 9.59 Å². The van der Waals surface area contributed by atoms with Crippen molar-refractivity contribution in [3.63, 3.8) is 0 Å². The number of hydrogen-bond acceptors (Lipinski definition) is 3. The Balaban J connectivity index is 2.02. The van der Waals surface area contributed by atoms with E-state index in [1.807, 2.05) is 31.2 Å². The summed E-state index contributed by atoms with van der Waals surface area (Å²) in [5.41, 5.74) is 1.02. The molecular weight excluding hydrogens is 278 g/mol. The maximum atomic E-state index is 12.4. The Morgan fingerprint density at radius 3 is 2.60 bits per heavy atom. The fourth-order valence-corrected chi connectivity index (χ4v) is 2.27. The molecule has 2 unspecified atom stereocenters. The Hall–Kier alpha value is -1.59. The van der Waals surface area contributed by atoms with Crippen LogP contribution in [0.5, 0.6) is 0 Å². The summed E-state index contributed by atoms with van der Waals surface area (Å²) >= 11 is 5.86. The summed E-state index contributed by atoms with van der Waals surface area (Å²) in [6.07, 6.45) is 0. The van der Waals surface area contributed by atoms with Gasteiger partial charge >= 0.3 is 0 Å². The first-order valence-corrected chi connectivity index (χ1v) is 6.89. The van der Waals surface area contributed by atoms with Crippen LogP contribution in [0.15, 0.2) is 24.3 Å². The molecule has 1 aliphatic rings. The quantitative estimate of drug-likeness (QED) is 0.873. The monoisotopic (exact) mass is 295 g/mol. The molecule has 1 aromatic carbocycles. The maximum absolute atomic E-state index is 12.4. The second kappa shape index (κ2) is 6.24. The van der Waals surface area contributed by atoms with Crippen LogP contribution < -0.4 is 10.6 Å². The lowest BCUT2D eigenvalue weighted by molar-refractivity contribution is -0.135. The minimum Gasteiger partial charge on any atom is -0.353 e. The highest BCUT2D eigenvalue weighted by atomic mass is 35.5. The van der Waals surface area contributed by atoms with E-state index in [0.29, 0.717) is 11.6 Å². The molecule has 1 saturated heterocycles. The summed E-state index contributed by atoms with van der Waals surface area (Å²) < 4.78 is 0. The lowest BCUT2D eigenvalue weighted by Crippen LogP contribution is -2.58. The van der Waals surface area contributed by atoms with Gasteiger partial charge in [-0.1, -0.05) is 23.7 Å². The van der Waals surface area contributed by atoms with Gasteiger partial charge in [-0.3, -0.25) is 14.9 Å². The van der Waals surface area contributed by atoms with E-state index in [1.165, 1.54) is 0 Å². The first-order valence-electron chi connectivity index (χ1n) is 6.51. The molecule has 0 aliphatic carbocycles. The maximum Gasteiger partial charge on any atom is 0.241 e. The highest BCUT2D eigenvalue weighted by Gasteiger charge is 2.28. The van der Waals surface area contributed by atoms with E-state index in [-0.39, 0.29) is 30.4 Å². The van der Waals surface area contributed by atoms with Gasteiger partial charge in [0.25, 0.3) is 0 Å². The largest absolute Gasteiger partial charge is 0.353 e. The molecule has 2 amide bonds. The van der Waals surface area contributed by atoms with Crippen LogP contribution in [0, 0.1) is 0 Å². The number of amides is 2. The molecule has 5 nitrogen and oxygen atoms in total. The van der Waals surface area contributed by atoms with Crippen LogP contribution in [0.3, 0.4) is 0 Å². The molecule has 1 aromatic rings. The van der Waals surface area contributed by atoms with Crippen LogP contribution in [0.25, 0.3) is 0 Å². The number of likely N-dealkylation sites (N-methyl/N-ethyl adjacent to an activating group) is 1. The Bertz CT molecular complexity index is 494. The standard InChI is InChI=1S/C14H18ClN3O2/c1-9(10-3-5-11(15)6-4-10)18(2)14(20)12-7-17-13(19)8-16-12/h3-6,9,12,16H,7-8H2,1-2H3,(H,17,19). The predicted molar refractivity (Wildman–Crippen MR) is 77.4 cm³/mol. The smallest absolute Gasteiger partial charge is 0.241 e. The number of nitrogens with one attached hydrogen (secondary N) is 2. The van der Waals surface area contributed by atoms with Gasteiger partial charge < -0.3 is 10.2 Å². The Morgan fingerprint density at radius 2 is 2.05 bits per heavy atom. The molecule has 0 aromatic heterocycles. The molecule has 2 N–H and O–H groups in total. The number of halogens is 1. The van der Waals surface area contributed by atoms with Crippen molar-refractivity contribution in [1.29, 1.82) is 0 Å². The number of nitrogens with zero attached hydrogens (tertiary/aromatic N) is 1. The Morgan fingerprint density at radius 1 is 1.40 bits per heavy atom. The van der Waals surface area contributed by atoms with Gasteiger partial charge in [0.05, 0.1) is 12.6 Å². The number of benzene rings is 1. The normalized spacial score (nSPS) is 20.1. The van der Waals surface area contributed by atoms with Crippen LogP contribution in [0.2, 0.25) is 5.02 Å². The minimum atomic E-state index is -0.368. The molecule has 1 heterocycles. The fourth-order valence-electron chi connectivity index (χ4n) is 2.14. The van der Waals surface area contributed by atoms with Crippen LogP contribution in [-0.4, -0.2) is 42.9 Å². The number of hydrogen-bond donors (Lipinski definition) is 2. The second-order valence-corrected chi connectivity index (χ2v) is 5.35. The van der Waals surface area contributed by atoms with Gasteiger partial charge in [-0.15, -0.1) is 0 Å². The van der Waals surface area contributed by atoms with Crippen LogP contribution in [0.1, 0.15) is 18.5 Å². The van der Waals surface area contributed by atoms with Gasteiger partial charge in [-0.25, -0.2) is 0 Å². The fraction of sp³-hybridized carbons (Fsp3) is 0.429. The average molecular weight is 296 g/mol. The molecule has 6 heteroatoms. The molecular formula is C14H18ClN3O2. The summed E-state index contributed by atoms with van der Waals surface area (Å²) in [7, 11) is 1.76. The third-order valence-corrected chi connectivity index (χ3v) is 3.84. The first kappa shape index (κ1) is 14.8. The zero-order valence-electron chi connectivity index (χ0n) is 11.5. The minimum absolute atomic E-state index is 0.0348. The third-order valence-electron chi connectivity index (χ3n) is 3.59. The topological polar surface area (TPSA) is 61.4 Å². The lowest BCUT2D eigenvalue weighted by Gasteiger charge is -2.31. The van der Waals surface area contributed by atoms with Gasteiger partial charge in [0, 0.05) is 18.6 Å². The summed E-state index contributed by atoms with van der Waals surface area (Å²) in [6, 6.07) is 7.02. The van der Waals surface area contributed by atoms with Crippen molar-refractivity contribution in [2.45, 2.75) is 19.0 Å². The molecule has 2 atom stereocenters. The van der Waals surface area contributed by atoms with Gasteiger partial charge in [0.2, 0.25) is 11.8 Å². The zero-order chi connectivity index (χ0) is 14.7. The van der Waals surface area contributed by atoms with Gasteiger partial charge in [0.15, 0.2) is 0 Å². The van der Waals surface area contributed by atoms with Crippen molar-refractivity contribution >= 4 is 23.4 Å². The van der Waals surface area contributed by atoms with E-state index < -0.39 is 0 Å². The molecule has 1 aliphatic heterocycles. The Labute approximate surface area is 123 Å². The van der Waals surface area contributed by atoms with Crippen LogP contribution in [0.4, 0.5) is 0 Å². The van der Waals surface area contributed by atoms with Crippen molar-refractivity contribution in [1.82, 2.24) is 15.5 Å². The molecule has 0 saturated carbocycles.